The van der Waals surface area contributed by atoms with Gasteiger partial charge in [0.05, 0.1) is 34.3 Å². The predicted molar refractivity (Wildman–Crippen MR) is 143 cm³/mol. The normalized spacial score (nSPS) is 13.6. The van der Waals surface area contributed by atoms with E-state index in [1.165, 1.54) is 12.1 Å². The first kappa shape index (κ1) is 23.0. The molecule has 7 rings (SSSR count). The zero-order valence-electron chi connectivity index (χ0n) is 20.4. The van der Waals surface area contributed by atoms with Crippen LogP contribution in [0.2, 0.25) is 0 Å². The Kier molecular flexibility index (Phi) is 5.29. The molecular formula is C28H21FN8O2. The van der Waals surface area contributed by atoms with Crippen molar-refractivity contribution in [2.75, 3.05) is 5.32 Å². The minimum absolute atomic E-state index is 0.0212. The first-order valence-electron chi connectivity index (χ1n) is 12.5. The third kappa shape index (κ3) is 4.13. The Morgan fingerprint density at radius 3 is 2.67 bits per heavy atom. The SMILES string of the molecule is O=C(Nc1cncc(-c2ccc3[nH]nc(-c4nc5c(-c6cc(O)cc(F)c6)nccc5[nH]4)c3n2)c1)C1CCC1. The van der Waals surface area contributed by atoms with Gasteiger partial charge in [0.15, 0.2) is 11.5 Å². The zero-order valence-corrected chi connectivity index (χ0v) is 20.4. The highest BCUT2D eigenvalue weighted by molar-refractivity contribution is 5.96. The number of hydrogen-bond acceptors (Lipinski definition) is 7. The molecular weight excluding hydrogens is 499 g/mol. The molecule has 5 aromatic heterocycles. The number of aromatic nitrogens is 7. The second kappa shape index (κ2) is 8.98. The van der Waals surface area contributed by atoms with Gasteiger partial charge in [-0.15, -0.1) is 0 Å². The Labute approximate surface area is 220 Å². The van der Waals surface area contributed by atoms with Crippen LogP contribution in [-0.4, -0.2) is 46.1 Å². The average Bonchev–Trinajstić information content (AvgIpc) is 3.50. The van der Waals surface area contributed by atoms with Crippen LogP contribution in [0.1, 0.15) is 19.3 Å². The van der Waals surface area contributed by atoms with E-state index in [2.05, 4.69) is 30.5 Å². The number of phenolic OH excluding ortho intramolecular Hbond substituents is 1. The molecule has 10 nitrogen and oxygen atoms in total. The Bertz CT molecular complexity index is 1870. The third-order valence-corrected chi connectivity index (χ3v) is 6.97. The van der Waals surface area contributed by atoms with Crippen molar-refractivity contribution in [2.45, 2.75) is 19.3 Å². The molecule has 0 radical (unpaired) electrons. The lowest BCUT2D eigenvalue weighted by molar-refractivity contribution is -0.122. The van der Waals surface area contributed by atoms with Crippen molar-refractivity contribution < 1.29 is 14.3 Å². The van der Waals surface area contributed by atoms with Crippen molar-refractivity contribution in [3.63, 3.8) is 0 Å². The number of phenols is 1. The van der Waals surface area contributed by atoms with Crippen molar-refractivity contribution in [3.8, 4) is 39.8 Å². The number of nitrogens with zero attached hydrogens (tertiary/aromatic N) is 5. The van der Waals surface area contributed by atoms with Crippen LogP contribution in [-0.2, 0) is 4.79 Å². The van der Waals surface area contributed by atoms with Gasteiger partial charge in [0, 0.05) is 35.5 Å². The summed E-state index contributed by atoms with van der Waals surface area (Å²) in [6, 6.07) is 11.1. The molecule has 0 saturated heterocycles. The molecule has 39 heavy (non-hydrogen) atoms. The molecule has 1 aromatic carbocycles. The van der Waals surface area contributed by atoms with Gasteiger partial charge >= 0.3 is 0 Å². The van der Waals surface area contributed by atoms with Crippen LogP contribution in [0.25, 0.3) is 56.1 Å². The largest absolute Gasteiger partial charge is 0.508 e. The zero-order chi connectivity index (χ0) is 26.5. The number of hydrogen-bond donors (Lipinski definition) is 4. The highest BCUT2D eigenvalue weighted by Gasteiger charge is 2.25. The van der Waals surface area contributed by atoms with E-state index >= 15 is 0 Å². The first-order chi connectivity index (χ1) is 19.0. The predicted octanol–water partition coefficient (Wildman–Crippen LogP) is 5.21. The van der Waals surface area contributed by atoms with Crippen LogP contribution >= 0.6 is 0 Å². The summed E-state index contributed by atoms with van der Waals surface area (Å²) in [7, 11) is 0. The maximum Gasteiger partial charge on any atom is 0.227 e. The molecule has 0 bridgehead atoms. The number of benzene rings is 1. The molecule has 192 valence electrons. The van der Waals surface area contributed by atoms with Gasteiger partial charge < -0.3 is 15.4 Å². The number of rotatable bonds is 5. The van der Waals surface area contributed by atoms with Gasteiger partial charge in [0.2, 0.25) is 5.91 Å². The molecule has 1 aliphatic carbocycles. The second-order valence-electron chi connectivity index (χ2n) is 9.58. The number of imidazole rings is 1. The van der Waals surface area contributed by atoms with E-state index in [1.54, 1.807) is 24.7 Å². The van der Waals surface area contributed by atoms with Crippen molar-refractivity contribution in [2.24, 2.45) is 5.92 Å². The van der Waals surface area contributed by atoms with E-state index in [0.717, 1.165) is 30.9 Å². The maximum atomic E-state index is 14.0. The Balaban J connectivity index is 1.27. The Hall–Kier alpha value is -5.19. The van der Waals surface area contributed by atoms with Gasteiger partial charge in [-0.05, 0) is 49.2 Å². The fourth-order valence-corrected chi connectivity index (χ4v) is 4.76. The minimum Gasteiger partial charge on any atom is -0.508 e. The van der Waals surface area contributed by atoms with E-state index in [0.29, 0.717) is 56.2 Å². The standard InChI is InChI=1S/C28H21FN8O2/c29-17-8-15(10-19(38)11-17)23-24-21(6-7-31-23)34-27(35-24)26-25-22(36-37-26)5-4-20(33-25)16-9-18(13-30-12-16)32-28(39)14-2-1-3-14/h4-14,38H,1-3H2,(H,32,39)(H,34,35)(H,36,37). The van der Waals surface area contributed by atoms with Crippen molar-refractivity contribution in [1.29, 1.82) is 0 Å². The van der Waals surface area contributed by atoms with Crippen LogP contribution in [0.15, 0.2) is 61.1 Å². The minimum atomic E-state index is -0.573. The molecule has 1 fully saturated rings. The fourth-order valence-electron chi connectivity index (χ4n) is 4.76. The third-order valence-electron chi connectivity index (χ3n) is 6.97. The van der Waals surface area contributed by atoms with Crippen LogP contribution in [0.5, 0.6) is 5.75 Å². The Morgan fingerprint density at radius 1 is 0.974 bits per heavy atom. The first-order valence-corrected chi connectivity index (χ1v) is 12.5. The lowest BCUT2D eigenvalue weighted by atomic mass is 9.85. The molecule has 1 amide bonds. The highest BCUT2D eigenvalue weighted by atomic mass is 19.1. The van der Waals surface area contributed by atoms with E-state index in [1.807, 2.05) is 18.2 Å². The van der Waals surface area contributed by atoms with Crippen LogP contribution in [0.3, 0.4) is 0 Å². The molecule has 0 aliphatic heterocycles. The van der Waals surface area contributed by atoms with Crippen molar-refractivity contribution in [3.05, 3.63) is 66.9 Å². The molecule has 6 aromatic rings. The molecule has 1 aliphatic rings. The smallest absolute Gasteiger partial charge is 0.227 e. The maximum absolute atomic E-state index is 14.0. The number of H-pyrrole nitrogens is 2. The number of anilines is 1. The topological polar surface area (TPSA) is 145 Å². The van der Waals surface area contributed by atoms with Gasteiger partial charge in [-0.2, -0.15) is 5.10 Å². The number of carbonyl (C=O) groups is 1. The molecule has 4 N–H and O–H groups in total. The summed E-state index contributed by atoms with van der Waals surface area (Å²) in [5, 5.41) is 20.3. The lowest BCUT2D eigenvalue weighted by Gasteiger charge is -2.24. The monoisotopic (exact) mass is 520 g/mol. The van der Waals surface area contributed by atoms with Gasteiger partial charge in [0.25, 0.3) is 0 Å². The number of aromatic hydroxyl groups is 1. The second-order valence-corrected chi connectivity index (χ2v) is 9.58. The van der Waals surface area contributed by atoms with Crippen LogP contribution < -0.4 is 5.32 Å². The van der Waals surface area contributed by atoms with E-state index in [-0.39, 0.29) is 17.6 Å². The van der Waals surface area contributed by atoms with E-state index in [9.17, 15) is 14.3 Å². The summed E-state index contributed by atoms with van der Waals surface area (Å²) in [5.74, 6) is -0.224. The number of nitrogens with one attached hydrogen (secondary N) is 3. The van der Waals surface area contributed by atoms with Gasteiger partial charge in [0.1, 0.15) is 22.6 Å². The average molecular weight is 521 g/mol. The Morgan fingerprint density at radius 2 is 1.85 bits per heavy atom. The summed E-state index contributed by atoms with van der Waals surface area (Å²) in [6.45, 7) is 0. The summed E-state index contributed by atoms with van der Waals surface area (Å²) in [5.41, 5.74) is 5.83. The van der Waals surface area contributed by atoms with E-state index < -0.39 is 5.82 Å². The van der Waals surface area contributed by atoms with Gasteiger partial charge in [-0.3, -0.25) is 19.9 Å². The van der Waals surface area contributed by atoms with Crippen LogP contribution in [0.4, 0.5) is 10.1 Å². The molecule has 0 atom stereocenters. The van der Waals surface area contributed by atoms with E-state index in [4.69, 9.17) is 9.97 Å². The molecule has 5 heterocycles. The summed E-state index contributed by atoms with van der Waals surface area (Å²) < 4.78 is 14.0. The number of carbonyl (C=O) groups excluding carboxylic acids is 1. The number of fused-ring (bicyclic) bond motifs is 2. The number of amides is 1. The van der Waals surface area contributed by atoms with Crippen molar-refractivity contribution >= 4 is 33.7 Å². The van der Waals surface area contributed by atoms with Crippen molar-refractivity contribution in [1.82, 2.24) is 35.1 Å². The lowest BCUT2D eigenvalue weighted by Crippen LogP contribution is -2.28. The molecule has 1 saturated carbocycles. The number of aromatic amines is 2. The number of pyridine rings is 3. The highest BCUT2D eigenvalue weighted by Crippen LogP contribution is 2.33. The number of halogens is 1. The molecule has 11 heteroatoms. The van der Waals surface area contributed by atoms with Gasteiger partial charge in [-0.1, -0.05) is 6.42 Å². The molecule has 0 spiro atoms. The fraction of sp³-hybridized carbons (Fsp3) is 0.143. The summed E-state index contributed by atoms with van der Waals surface area (Å²) >= 11 is 0. The summed E-state index contributed by atoms with van der Waals surface area (Å²) in [4.78, 5) is 33.9. The van der Waals surface area contributed by atoms with Gasteiger partial charge in [-0.25, -0.2) is 14.4 Å². The molecule has 0 unspecified atom stereocenters. The summed E-state index contributed by atoms with van der Waals surface area (Å²) in [6.07, 6.45) is 7.84. The van der Waals surface area contributed by atoms with Crippen LogP contribution in [0, 0.1) is 11.7 Å². The quantitative estimate of drug-likeness (QED) is 0.244.